The highest BCUT2D eigenvalue weighted by Crippen LogP contribution is 2.27. The van der Waals surface area contributed by atoms with Gasteiger partial charge in [-0.15, -0.1) is 12.6 Å². The second-order valence-electron chi connectivity index (χ2n) is 4.42. The lowest BCUT2D eigenvalue weighted by atomic mass is 10.1. The Balaban J connectivity index is 2.02. The largest absolute Gasteiger partial charge is 0.493 e. The molecule has 110 valence electrons. The molecule has 0 aliphatic carbocycles. The monoisotopic (exact) mass is 303 g/mol. The lowest BCUT2D eigenvalue weighted by Crippen LogP contribution is -2.22. The molecule has 2 aromatic rings. The smallest absolute Gasteiger partial charge is 0.251 e. The number of carbonyl (C=O) groups excluding carboxylic acids is 1. The standard InChI is InChI=1S/C16H17NO3S/c1-19-14-8-3-11(9-15(14)20-2)10-17-16(18)12-4-6-13(21)7-5-12/h3-9,21H,10H2,1-2H3,(H,17,18). The van der Waals surface area contributed by atoms with Crippen molar-refractivity contribution in [3.8, 4) is 11.5 Å². The minimum absolute atomic E-state index is 0.127. The number of amides is 1. The lowest BCUT2D eigenvalue weighted by Gasteiger charge is -2.10. The zero-order chi connectivity index (χ0) is 15.2. The predicted octanol–water partition coefficient (Wildman–Crippen LogP) is 2.92. The van der Waals surface area contributed by atoms with Crippen molar-refractivity contribution in [2.45, 2.75) is 11.4 Å². The van der Waals surface area contributed by atoms with E-state index in [4.69, 9.17) is 9.47 Å². The highest BCUT2D eigenvalue weighted by Gasteiger charge is 2.07. The first kappa shape index (κ1) is 15.3. The molecule has 0 atom stereocenters. The summed E-state index contributed by atoms with van der Waals surface area (Å²) in [6.07, 6.45) is 0. The maximum atomic E-state index is 12.0. The van der Waals surface area contributed by atoms with Gasteiger partial charge < -0.3 is 14.8 Å². The van der Waals surface area contributed by atoms with Gasteiger partial charge >= 0.3 is 0 Å². The molecule has 2 rings (SSSR count). The molecule has 1 amide bonds. The van der Waals surface area contributed by atoms with Crippen molar-refractivity contribution >= 4 is 18.5 Å². The molecule has 2 aromatic carbocycles. The van der Waals surface area contributed by atoms with Gasteiger partial charge in [-0.1, -0.05) is 6.07 Å². The van der Waals surface area contributed by atoms with Gasteiger partial charge in [-0.25, -0.2) is 0 Å². The van der Waals surface area contributed by atoms with E-state index in [0.29, 0.717) is 23.6 Å². The van der Waals surface area contributed by atoms with E-state index in [1.165, 1.54) is 0 Å². The Kier molecular flexibility index (Phi) is 5.11. The van der Waals surface area contributed by atoms with Crippen LogP contribution in [0.5, 0.6) is 11.5 Å². The fourth-order valence-corrected chi connectivity index (χ4v) is 2.04. The van der Waals surface area contributed by atoms with Gasteiger partial charge in [0.1, 0.15) is 0 Å². The summed E-state index contributed by atoms with van der Waals surface area (Å²) in [5, 5.41) is 2.86. The maximum absolute atomic E-state index is 12.0. The molecular weight excluding hydrogens is 286 g/mol. The van der Waals surface area contributed by atoms with Crippen LogP contribution >= 0.6 is 12.6 Å². The number of ether oxygens (including phenoxy) is 2. The average Bonchev–Trinajstić information content (AvgIpc) is 2.52. The molecule has 0 aliphatic rings. The van der Waals surface area contributed by atoms with E-state index < -0.39 is 0 Å². The van der Waals surface area contributed by atoms with Crippen molar-refractivity contribution in [3.63, 3.8) is 0 Å². The zero-order valence-electron chi connectivity index (χ0n) is 11.9. The first-order valence-corrected chi connectivity index (χ1v) is 6.87. The molecule has 0 saturated carbocycles. The second kappa shape index (κ2) is 7.04. The Morgan fingerprint density at radius 3 is 2.33 bits per heavy atom. The Labute approximate surface area is 129 Å². The third-order valence-electron chi connectivity index (χ3n) is 3.03. The number of carbonyl (C=O) groups is 1. The van der Waals surface area contributed by atoms with E-state index in [2.05, 4.69) is 17.9 Å². The Morgan fingerprint density at radius 2 is 1.71 bits per heavy atom. The van der Waals surface area contributed by atoms with Crippen LogP contribution in [0.15, 0.2) is 47.4 Å². The molecule has 5 heteroatoms. The molecular formula is C16H17NO3S. The molecule has 0 aromatic heterocycles. The van der Waals surface area contributed by atoms with Gasteiger partial charge in [0.2, 0.25) is 0 Å². The molecule has 4 nitrogen and oxygen atoms in total. The quantitative estimate of drug-likeness (QED) is 0.835. The molecule has 0 fully saturated rings. The predicted molar refractivity (Wildman–Crippen MR) is 84.4 cm³/mol. The SMILES string of the molecule is COc1ccc(CNC(=O)c2ccc(S)cc2)cc1OC. The van der Waals surface area contributed by atoms with E-state index in [-0.39, 0.29) is 5.91 Å². The molecule has 0 heterocycles. The number of nitrogens with one attached hydrogen (secondary N) is 1. The Bertz CT molecular complexity index is 626. The van der Waals surface area contributed by atoms with Crippen LogP contribution in [0.3, 0.4) is 0 Å². The van der Waals surface area contributed by atoms with Gasteiger partial charge in [-0.05, 0) is 42.0 Å². The van der Waals surface area contributed by atoms with E-state index in [1.54, 1.807) is 38.5 Å². The third-order valence-corrected chi connectivity index (χ3v) is 3.33. The number of rotatable bonds is 5. The topological polar surface area (TPSA) is 47.6 Å². The number of benzene rings is 2. The first-order valence-electron chi connectivity index (χ1n) is 6.42. The zero-order valence-corrected chi connectivity index (χ0v) is 12.8. The van der Waals surface area contributed by atoms with Crippen molar-refractivity contribution < 1.29 is 14.3 Å². The van der Waals surface area contributed by atoms with E-state index in [1.807, 2.05) is 18.2 Å². The minimum Gasteiger partial charge on any atom is -0.493 e. The van der Waals surface area contributed by atoms with Gasteiger partial charge in [0.05, 0.1) is 14.2 Å². The average molecular weight is 303 g/mol. The molecule has 1 N–H and O–H groups in total. The maximum Gasteiger partial charge on any atom is 0.251 e. The van der Waals surface area contributed by atoms with Crippen molar-refractivity contribution in [1.82, 2.24) is 5.32 Å². The van der Waals surface area contributed by atoms with Crippen molar-refractivity contribution in [3.05, 3.63) is 53.6 Å². The molecule has 0 radical (unpaired) electrons. The summed E-state index contributed by atoms with van der Waals surface area (Å²) in [5.41, 5.74) is 1.54. The summed E-state index contributed by atoms with van der Waals surface area (Å²) in [6.45, 7) is 0.418. The van der Waals surface area contributed by atoms with E-state index in [0.717, 1.165) is 10.5 Å². The highest BCUT2D eigenvalue weighted by molar-refractivity contribution is 7.80. The van der Waals surface area contributed by atoms with Crippen molar-refractivity contribution in [2.75, 3.05) is 14.2 Å². The van der Waals surface area contributed by atoms with Crippen LogP contribution in [0.2, 0.25) is 0 Å². The summed E-state index contributed by atoms with van der Waals surface area (Å²) in [5.74, 6) is 1.18. The molecule has 0 spiro atoms. The summed E-state index contributed by atoms with van der Waals surface area (Å²) >= 11 is 4.19. The third kappa shape index (κ3) is 3.92. The van der Waals surface area contributed by atoms with Crippen LogP contribution in [0, 0.1) is 0 Å². The van der Waals surface area contributed by atoms with Gasteiger partial charge in [0.15, 0.2) is 11.5 Å². The molecule has 0 aliphatic heterocycles. The minimum atomic E-state index is -0.127. The molecule has 21 heavy (non-hydrogen) atoms. The summed E-state index contributed by atoms with van der Waals surface area (Å²) in [6, 6.07) is 12.6. The van der Waals surface area contributed by atoms with E-state index in [9.17, 15) is 4.79 Å². The van der Waals surface area contributed by atoms with Crippen LogP contribution in [0.25, 0.3) is 0 Å². The van der Waals surface area contributed by atoms with Gasteiger partial charge in [0.25, 0.3) is 5.91 Å². The summed E-state index contributed by atoms with van der Waals surface area (Å²) in [7, 11) is 3.17. The van der Waals surface area contributed by atoms with Gasteiger partial charge in [0, 0.05) is 17.0 Å². The number of thiol groups is 1. The highest BCUT2D eigenvalue weighted by atomic mass is 32.1. The lowest BCUT2D eigenvalue weighted by molar-refractivity contribution is 0.0951. The fraction of sp³-hybridized carbons (Fsp3) is 0.188. The van der Waals surface area contributed by atoms with Crippen LogP contribution < -0.4 is 14.8 Å². The van der Waals surface area contributed by atoms with Gasteiger partial charge in [-0.3, -0.25) is 4.79 Å². The molecule has 0 unspecified atom stereocenters. The van der Waals surface area contributed by atoms with Crippen LogP contribution in [0.1, 0.15) is 15.9 Å². The van der Waals surface area contributed by atoms with Crippen LogP contribution in [-0.4, -0.2) is 20.1 Å². The molecule has 0 bridgehead atoms. The summed E-state index contributed by atoms with van der Waals surface area (Å²) < 4.78 is 10.4. The second-order valence-corrected chi connectivity index (χ2v) is 4.94. The van der Waals surface area contributed by atoms with Gasteiger partial charge in [-0.2, -0.15) is 0 Å². The van der Waals surface area contributed by atoms with Crippen molar-refractivity contribution in [2.24, 2.45) is 0 Å². The first-order chi connectivity index (χ1) is 10.1. The van der Waals surface area contributed by atoms with Crippen molar-refractivity contribution in [1.29, 1.82) is 0 Å². The normalized spacial score (nSPS) is 10.0. The fourth-order valence-electron chi connectivity index (χ4n) is 1.89. The number of hydrogen-bond donors (Lipinski definition) is 2. The van der Waals surface area contributed by atoms with Crippen LogP contribution in [0.4, 0.5) is 0 Å². The summed E-state index contributed by atoms with van der Waals surface area (Å²) in [4.78, 5) is 12.8. The Morgan fingerprint density at radius 1 is 1.05 bits per heavy atom. The molecule has 0 saturated heterocycles. The Hall–Kier alpha value is -2.14. The van der Waals surface area contributed by atoms with E-state index >= 15 is 0 Å². The number of methoxy groups -OCH3 is 2. The number of hydrogen-bond acceptors (Lipinski definition) is 4. The van der Waals surface area contributed by atoms with Crippen LogP contribution in [-0.2, 0) is 6.54 Å².